The van der Waals surface area contributed by atoms with E-state index in [2.05, 4.69) is 0 Å². The van der Waals surface area contributed by atoms with Crippen molar-refractivity contribution < 1.29 is 9.50 Å². The molecule has 2 saturated carbocycles. The van der Waals surface area contributed by atoms with Gasteiger partial charge in [0.15, 0.2) is 0 Å². The third kappa shape index (κ3) is 2.02. The molecule has 0 spiro atoms. The molecule has 2 aliphatic carbocycles. The first kappa shape index (κ1) is 15.9. The van der Waals surface area contributed by atoms with Crippen LogP contribution in [0.2, 0.25) is 0 Å². The van der Waals surface area contributed by atoms with E-state index in [4.69, 9.17) is 5.84 Å². The quantitative estimate of drug-likeness (QED) is 0.783. The molecule has 138 valence electrons. The Labute approximate surface area is 148 Å². The van der Waals surface area contributed by atoms with Gasteiger partial charge in [-0.05, 0) is 44.6 Å². The van der Waals surface area contributed by atoms with Crippen LogP contribution in [0.4, 0.5) is 10.1 Å². The van der Waals surface area contributed by atoms with E-state index in [1.165, 1.54) is 10.6 Å². The molecule has 2 heterocycles. The van der Waals surface area contributed by atoms with Gasteiger partial charge < -0.3 is 15.8 Å². The van der Waals surface area contributed by atoms with Gasteiger partial charge in [0.25, 0.3) is 5.56 Å². The minimum absolute atomic E-state index is 0.00259. The van der Waals surface area contributed by atoms with E-state index in [1.807, 2.05) is 0 Å². The summed E-state index contributed by atoms with van der Waals surface area (Å²) in [6.45, 7) is 2.49. The number of nitrogens with zero attached hydrogens (tertiary/aromatic N) is 3. The molecule has 3 aliphatic rings. The Hall–Kier alpha value is -2.35. The number of rotatable bonds is 3. The molecule has 8 heteroatoms. The van der Waals surface area contributed by atoms with Gasteiger partial charge >= 0.3 is 5.69 Å². The van der Waals surface area contributed by atoms with Crippen molar-refractivity contribution in [2.24, 2.45) is 5.92 Å². The number of anilines is 1. The van der Waals surface area contributed by atoms with Gasteiger partial charge in [0.05, 0.1) is 16.6 Å². The highest BCUT2D eigenvalue weighted by Gasteiger charge is 2.52. The van der Waals surface area contributed by atoms with E-state index >= 15 is 0 Å². The summed E-state index contributed by atoms with van der Waals surface area (Å²) in [5.74, 6) is 5.41. The van der Waals surface area contributed by atoms with Gasteiger partial charge in [-0.1, -0.05) is 0 Å². The molecule has 2 aromatic rings. The van der Waals surface area contributed by atoms with Gasteiger partial charge in [-0.2, -0.15) is 4.68 Å². The number of aromatic nitrogens is 2. The smallest absolute Gasteiger partial charge is 0.350 e. The molecule has 1 aliphatic heterocycles. The fourth-order valence-corrected chi connectivity index (χ4v) is 4.37. The lowest BCUT2D eigenvalue weighted by Crippen LogP contribution is -2.63. The van der Waals surface area contributed by atoms with E-state index < -0.39 is 22.7 Å². The Morgan fingerprint density at radius 2 is 1.88 bits per heavy atom. The molecule has 1 aromatic heterocycles. The van der Waals surface area contributed by atoms with Gasteiger partial charge in [-0.3, -0.25) is 9.36 Å². The zero-order valence-electron chi connectivity index (χ0n) is 14.5. The highest BCUT2D eigenvalue weighted by Crippen LogP contribution is 2.47. The zero-order valence-corrected chi connectivity index (χ0v) is 14.5. The largest absolute Gasteiger partial charge is 0.386 e. The molecule has 1 aromatic carbocycles. The van der Waals surface area contributed by atoms with E-state index in [9.17, 15) is 19.1 Å². The van der Waals surface area contributed by atoms with Gasteiger partial charge in [-0.15, -0.1) is 0 Å². The Balaban J connectivity index is 1.71. The summed E-state index contributed by atoms with van der Waals surface area (Å²) in [7, 11) is 0. The van der Waals surface area contributed by atoms with Crippen molar-refractivity contribution in [3.8, 4) is 0 Å². The number of nitrogens with two attached hydrogens (primary N) is 1. The molecule has 0 amide bonds. The summed E-state index contributed by atoms with van der Waals surface area (Å²) in [4.78, 5) is 26.8. The summed E-state index contributed by atoms with van der Waals surface area (Å²) < 4.78 is 17.0. The lowest BCUT2D eigenvalue weighted by molar-refractivity contribution is -0.00966. The molecule has 0 radical (unpaired) electrons. The van der Waals surface area contributed by atoms with Crippen LogP contribution in [0.5, 0.6) is 0 Å². The number of aryl methyl sites for hydroxylation is 1. The SMILES string of the molecule is Cc1c(N2CC(O)(C3CC3)C2)c(F)cc2c(=O)n(N)c(=O)n(C3CC3)c12. The van der Waals surface area contributed by atoms with E-state index in [-0.39, 0.29) is 11.4 Å². The second-order valence-corrected chi connectivity index (χ2v) is 8.02. The summed E-state index contributed by atoms with van der Waals surface area (Å²) >= 11 is 0. The molecule has 3 fully saturated rings. The van der Waals surface area contributed by atoms with Crippen molar-refractivity contribution in [1.29, 1.82) is 0 Å². The normalized spacial score (nSPS) is 21.9. The first-order valence-corrected chi connectivity index (χ1v) is 9.04. The summed E-state index contributed by atoms with van der Waals surface area (Å²) in [5.41, 5.74) is -0.616. The minimum atomic E-state index is -0.745. The molecular weight excluding hydrogens is 339 g/mol. The maximum atomic E-state index is 14.9. The first-order chi connectivity index (χ1) is 12.3. The lowest BCUT2D eigenvalue weighted by atomic mass is 9.87. The third-order valence-electron chi connectivity index (χ3n) is 6.06. The average Bonchev–Trinajstić information content (AvgIpc) is 3.44. The van der Waals surface area contributed by atoms with Crippen molar-refractivity contribution in [3.05, 3.63) is 38.3 Å². The molecule has 26 heavy (non-hydrogen) atoms. The van der Waals surface area contributed by atoms with Crippen LogP contribution < -0.4 is 22.0 Å². The van der Waals surface area contributed by atoms with Crippen LogP contribution >= 0.6 is 0 Å². The number of halogens is 1. The molecule has 7 nitrogen and oxygen atoms in total. The van der Waals surface area contributed by atoms with E-state index in [0.29, 0.717) is 40.5 Å². The topological polar surface area (TPSA) is 93.5 Å². The van der Waals surface area contributed by atoms with Crippen LogP contribution in [0.3, 0.4) is 0 Å². The molecular formula is C18H21FN4O3. The fourth-order valence-electron chi connectivity index (χ4n) is 4.37. The third-order valence-corrected chi connectivity index (χ3v) is 6.06. The Bertz CT molecular complexity index is 1060. The molecule has 5 rings (SSSR count). The fraction of sp³-hybridized carbons (Fsp3) is 0.556. The van der Waals surface area contributed by atoms with Crippen LogP contribution in [0.15, 0.2) is 15.7 Å². The Morgan fingerprint density at radius 1 is 1.23 bits per heavy atom. The van der Waals surface area contributed by atoms with Gasteiger partial charge in [0.1, 0.15) is 11.4 Å². The van der Waals surface area contributed by atoms with Crippen LogP contribution in [0, 0.1) is 18.7 Å². The van der Waals surface area contributed by atoms with E-state index in [0.717, 1.165) is 25.7 Å². The van der Waals surface area contributed by atoms with Crippen LogP contribution in [-0.4, -0.2) is 33.0 Å². The standard InChI is InChI=1S/C18H21FN4O3/c1-9-14-12(16(24)23(20)17(25)22(14)11-4-5-11)6-13(19)15(9)21-7-18(26,8-21)10-2-3-10/h6,10-11,26H,2-5,7-8,20H2,1H3. The number of benzene rings is 1. The predicted octanol–water partition coefficient (Wildman–Crippen LogP) is 0.621. The number of β-amino-alcohol motifs (C(OH)–C–C–N with tert-alkyl or cyclic N) is 1. The van der Waals surface area contributed by atoms with Crippen molar-refractivity contribution in [2.45, 2.75) is 44.2 Å². The summed E-state index contributed by atoms with van der Waals surface area (Å²) in [6.07, 6.45) is 3.70. The van der Waals surface area contributed by atoms with Crippen molar-refractivity contribution in [2.75, 3.05) is 23.8 Å². The number of hydrogen-bond acceptors (Lipinski definition) is 5. The molecule has 0 unspecified atom stereocenters. The lowest BCUT2D eigenvalue weighted by Gasteiger charge is -2.49. The minimum Gasteiger partial charge on any atom is -0.386 e. The number of aliphatic hydroxyl groups is 1. The maximum absolute atomic E-state index is 14.9. The number of fused-ring (bicyclic) bond motifs is 1. The molecule has 3 N–H and O–H groups in total. The van der Waals surface area contributed by atoms with Crippen molar-refractivity contribution in [3.63, 3.8) is 0 Å². The van der Waals surface area contributed by atoms with Crippen molar-refractivity contribution >= 4 is 16.6 Å². The second kappa shape index (κ2) is 4.88. The Kier molecular flexibility index (Phi) is 2.98. The van der Waals surface area contributed by atoms with Gasteiger partial charge in [0, 0.05) is 24.7 Å². The second-order valence-electron chi connectivity index (χ2n) is 8.02. The van der Waals surface area contributed by atoms with Crippen LogP contribution in [-0.2, 0) is 0 Å². The van der Waals surface area contributed by atoms with Gasteiger partial charge in [-0.25, -0.2) is 9.18 Å². The highest BCUT2D eigenvalue weighted by atomic mass is 19.1. The summed E-state index contributed by atoms with van der Waals surface area (Å²) in [5, 5.41) is 10.7. The number of nitrogen functional groups attached to an aromatic ring is 1. The maximum Gasteiger partial charge on any atom is 0.350 e. The van der Waals surface area contributed by atoms with Crippen LogP contribution in [0.25, 0.3) is 10.9 Å². The molecule has 0 atom stereocenters. The highest BCUT2D eigenvalue weighted by molar-refractivity contribution is 5.87. The summed E-state index contributed by atoms with van der Waals surface area (Å²) in [6, 6.07) is 1.17. The zero-order chi connectivity index (χ0) is 18.4. The van der Waals surface area contributed by atoms with E-state index in [1.54, 1.807) is 11.8 Å². The average molecular weight is 360 g/mol. The predicted molar refractivity (Wildman–Crippen MR) is 95.5 cm³/mol. The van der Waals surface area contributed by atoms with Gasteiger partial charge in [0.2, 0.25) is 0 Å². The Morgan fingerprint density at radius 3 is 2.46 bits per heavy atom. The molecule has 1 saturated heterocycles. The number of hydrogen-bond donors (Lipinski definition) is 2. The molecule has 0 bridgehead atoms. The monoisotopic (exact) mass is 360 g/mol. The van der Waals surface area contributed by atoms with Crippen molar-refractivity contribution in [1.82, 2.24) is 9.24 Å². The first-order valence-electron chi connectivity index (χ1n) is 9.04. The van der Waals surface area contributed by atoms with Crippen LogP contribution in [0.1, 0.15) is 37.3 Å².